The first kappa shape index (κ1) is 20.0. The Kier molecular flexibility index (Phi) is 5.50. The summed E-state index contributed by atoms with van der Waals surface area (Å²) in [6.45, 7) is 4.10. The van der Waals surface area contributed by atoms with E-state index in [-0.39, 0.29) is 5.91 Å². The number of aliphatic imine (C=N–C) groups is 1. The summed E-state index contributed by atoms with van der Waals surface area (Å²) in [4.78, 5) is 19.8. The Hall–Kier alpha value is -3.25. The molecule has 1 aromatic heterocycles. The Morgan fingerprint density at radius 3 is 2.40 bits per heavy atom. The average molecular weight is 418 g/mol. The number of likely N-dealkylation sites (N-methyl/N-ethyl adjacent to an activating group) is 1. The van der Waals surface area contributed by atoms with Crippen molar-refractivity contribution in [2.45, 2.75) is 13.8 Å². The van der Waals surface area contributed by atoms with Crippen LogP contribution in [0.25, 0.3) is 11.8 Å². The molecule has 0 unspecified atom stereocenters. The van der Waals surface area contributed by atoms with Crippen molar-refractivity contribution < 1.29 is 9.53 Å². The number of carbonyl (C=O) groups excluding carboxylic acids is 1. The Labute approximate surface area is 180 Å². The van der Waals surface area contributed by atoms with E-state index in [1.165, 1.54) is 11.8 Å². The van der Waals surface area contributed by atoms with Gasteiger partial charge in [-0.15, -0.1) is 0 Å². The molecule has 152 valence electrons. The van der Waals surface area contributed by atoms with Crippen molar-refractivity contribution in [3.63, 3.8) is 0 Å². The normalized spacial score (nSPS) is 16.7. The number of nitrogens with zero attached hydrogens (tertiary/aromatic N) is 3. The number of hydrogen-bond acceptors (Lipinski definition) is 4. The fraction of sp³-hybridized carbons (Fsp3) is 0.167. The highest BCUT2D eigenvalue weighted by atomic mass is 32.2. The first-order valence-corrected chi connectivity index (χ1v) is 10.4. The van der Waals surface area contributed by atoms with Crippen molar-refractivity contribution in [2.24, 2.45) is 4.99 Å². The summed E-state index contributed by atoms with van der Waals surface area (Å²) in [5.74, 6) is 0.756. The first-order valence-electron chi connectivity index (χ1n) is 9.61. The third kappa shape index (κ3) is 4.04. The van der Waals surface area contributed by atoms with Gasteiger partial charge in [0, 0.05) is 24.6 Å². The highest BCUT2D eigenvalue weighted by Crippen LogP contribution is 2.34. The average Bonchev–Trinajstić information content (AvgIpc) is 3.28. The second-order valence-electron chi connectivity index (χ2n) is 7.22. The number of thioether (sulfide) groups is 1. The molecule has 30 heavy (non-hydrogen) atoms. The molecule has 2 heterocycles. The number of ether oxygens (including phenoxy) is 1. The van der Waals surface area contributed by atoms with Crippen molar-refractivity contribution in [3.8, 4) is 11.4 Å². The van der Waals surface area contributed by atoms with Crippen LogP contribution in [0.4, 0.5) is 5.69 Å². The second kappa shape index (κ2) is 8.24. The van der Waals surface area contributed by atoms with Gasteiger partial charge < -0.3 is 9.30 Å². The maximum Gasteiger partial charge on any atom is 0.266 e. The van der Waals surface area contributed by atoms with Crippen molar-refractivity contribution >= 4 is 34.6 Å². The topological polar surface area (TPSA) is 46.8 Å². The minimum atomic E-state index is -0.0504. The van der Waals surface area contributed by atoms with Gasteiger partial charge in [-0.3, -0.25) is 9.69 Å². The van der Waals surface area contributed by atoms with E-state index in [0.717, 1.165) is 33.9 Å². The number of amides is 1. The molecule has 3 aromatic rings. The molecule has 6 heteroatoms. The lowest BCUT2D eigenvalue weighted by Gasteiger charge is -2.08. The fourth-order valence-corrected chi connectivity index (χ4v) is 4.37. The van der Waals surface area contributed by atoms with Crippen LogP contribution in [0, 0.1) is 13.8 Å². The van der Waals surface area contributed by atoms with Crippen molar-refractivity contribution in [2.75, 3.05) is 14.2 Å². The number of hydrogen-bond donors (Lipinski definition) is 0. The van der Waals surface area contributed by atoms with Gasteiger partial charge in [-0.05, 0) is 91.3 Å². The van der Waals surface area contributed by atoms with Gasteiger partial charge in [-0.25, -0.2) is 4.99 Å². The van der Waals surface area contributed by atoms with Crippen LogP contribution in [0.2, 0.25) is 0 Å². The van der Waals surface area contributed by atoms with Crippen molar-refractivity contribution in [1.82, 2.24) is 9.47 Å². The quantitative estimate of drug-likeness (QED) is 0.539. The Morgan fingerprint density at radius 1 is 1.03 bits per heavy atom. The number of aryl methyl sites for hydroxylation is 2. The van der Waals surface area contributed by atoms with E-state index < -0.39 is 0 Å². The van der Waals surface area contributed by atoms with Crippen molar-refractivity contribution in [3.05, 3.63) is 82.5 Å². The maximum absolute atomic E-state index is 12.8. The van der Waals surface area contributed by atoms with Crippen LogP contribution in [0.5, 0.6) is 5.75 Å². The van der Waals surface area contributed by atoms with Crippen LogP contribution in [0.1, 0.15) is 16.8 Å². The molecule has 1 aliphatic rings. The van der Waals surface area contributed by atoms with Crippen LogP contribution < -0.4 is 4.74 Å². The predicted octanol–water partition coefficient (Wildman–Crippen LogP) is 5.34. The summed E-state index contributed by atoms with van der Waals surface area (Å²) in [7, 11) is 3.41. The van der Waals surface area contributed by atoms with Gasteiger partial charge in [0.1, 0.15) is 5.75 Å². The van der Waals surface area contributed by atoms with E-state index in [9.17, 15) is 4.79 Å². The van der Waals surface area contributed by atoms with Gasteiger partial charge in [0.2, 0.25) is 0 Å². The van der Waals surface area contributed by atoms with E-state index in [1.807, 2.05) is 79.2 Å². The molecule has 5 nitrogen and oxygen atoms in total. The van der Waals surface area contributed by atoms with E-state index >= 15 is 0 Å². The van der Waals surface area contributed by atoms with Gasteiger partial charge in [-0.1, -0.05) is 6.07 Å². The minimum Gasteiger partial charge on any atom is -0.497 e. The monoisotopic (exact) mass is 417 g/mol. The number of amidine groups is 1. The van der Waals surface area contributed by atoms with Crippen LogP contribution in [-0.4, -0.2) is 34.7 Å². The number of aromatic nitrogens is 1. The molecule has 1 aliphatic heterocycles. The number of rotatable bonds is 4. The van der Waals surface area contributed by atoms with E-state index in [2.05, 4.69) is 6.07 Å². The van der Waals surface area contributed by atoms with Crippen LogP contribution >= 0.6 is 11.8 Å². The minimum absolute atomic E-state index is 0.0504. The SMILES string of the molecule is COc1ccc(-n2cccc2/C=C2\SC(=Nc3cc(C)cc(C)c3)N(C)C2=O)cc1. The molecule has 1 amide bonds. The number of methoxy groups -OCH3 is 1. The summed E-state index contributed by atoms with van der Waals surface area (Å²) >= 11 is 1.40. The first-order chi connectivity index (χ1) is 14.4. The molecule has 4 rings (SSSR count). The molecule has 1 fully saturated rings. The molecular weight excluding hydrogens is 394 g/mol. The van der Waals surface area contributed by atoms with Gasteiger partial charge in [0.25, 0.3) is 5.91 Å². The van der Waals surface area contributed by atoms with Gasteiger partial charge in [-0.2, -0.15) is 0 Å². The maximum atomic E-state index is 12.8. The van der Waals surface area contributed by atoms with Gasteiger partial charge in [0.15, 0.2) is 5.17 Å². The molecule has 0 spiro atoms. The second-order valence-corrected chi connectivity index (χ2v) is 8.23. The highest BCUT2D eigenvalue weighted by Gasteiger charge is 2.30. The molecule has 0 radical (unpaired) electrons. The lowest BCUT2D eigenvalue weighted by Crippen LogP contribution is -2.23. The molecule has 2 aromatic carbocycles. The third-order valence-corrected chi connectivity index (χ3v) is 5.90. The summed E-state index contributed by atoms with van der Waals surface area (Å²) in [6, 6.07) is 17.9. The van der Waals surface area contributed by atoms with Crippen molar-refractivity contribution in [1.29, 1.82) is 0 Å². The number of benzene rings is 2. The van der Waals surface area contributed by atoms with E-state index in [0.29, 0.717) is 10.1 Å². The molecule has 0 saturated carbocycles. The summed E-state index contributed by atoms with van der Waals surface area (Å²) < 4.78 is 7.28. The van der Waals surface area contributed by atoms with Crippen LogP contribution in [-0.2, 0) is 4.79 Å². The van der Waals surface area contributed by atoms with E-state index in [1.54, 1.807) is 19.1 Å². The molecule has 0 bridgehead atoms. The fourth-order valence-electron chi connectivity index (χ4n) is 3.40. The molecular formula is C24H23N3O2S. The largest absolute Gasteiger partial charge is 0.497 e. The Bertz CT molecular complexity index is 1140. The third-order valence-electron chi connectivity index (χ3n) is 4.84. The summed E-state index contributed by atoms with van der Waals surface area (Å²) in [5.41, 5.74) is 5.09. The lowest BCUT2D eigenvalue weighted by molar-refractivity contribution is -0.121. The van der Waals surface area contributed by atoms with Gasteiger partial charge in [0.05, 0.1) is 17.7 Å². The van der Waals surface area contributed by atoms with E-state index in [4.69, 9.17) is 9.73 Å². The summed E-state index contributed by atoms with van der Waals surface area (Å²) in [6.07, 6.45) is 3.89. The van der Waals surface area contributed by atoms with Crippen LogP contribution in [0.15, 0.2) is 70.7 Å². The van der Waals surface area contributed by atoms with Gasteiger partial charge >= 0.3 is 0 Å². The molecule has 1 saturated heterocycles. The smallest absolute Gasteiger partial charge is 0.266 e. The lowest BCUT2D eigenvalue weighted by atomic mass is 10.1. The molecule has 0 atom stereocenters. The highest BCUT2D eigenvalue weighted by molar-refractivity contribution is 8.18. The zero-order valence-corrected chi connectivity index (χ0v) is 18.2. The van der Waals surface area contributed by atoms with Crippen LogP contribution in [0.3, 0.4) is 0 Å². The zero-order valence-electron chi connectivity index (χ0n) is 17.4. The Morgan fingerprint density at radius 2 is 1.73 bits per heavy atom. The summed E-state index contributed by atoms with van der Waals surface area (Å²) in [5, 5.41) is 0.679. The zero-order chi connectivity index (χ0) is 21.3. The Balaban J connectivity index is 1.64. The molecule has 0 N–H and O–H groups in total. The molecule has 0 aliphatic carbocycles. The number of carbonyl (C=O) groups is 1. The standard InChI is InChI=1S/C24H23N3O2S/c1-16-12-17(2)14-18(13-16)25-24-26(3)23(28)22(30-24)15-20-6-5-11-27(20)19-7-9-21(29-4)10-8-19/h5-15H,1-4H3/b22-15-,25-24?. The predicted molar refractivity (Wildman–Crippen MR) is 124 cm³/mol.